The van der Waals surface area contributed by atoms with E-state index in [4.69, 9.17) is 0 Å². The minimum absolute atomic E-state index is 0.310. The highest BCUT2D eigenvalue weighted by molar-refractivity contribution is 7.19. The molecule has 0 aromatic heterocycles. The van der Waals surface area contributed by atoms with Gasteiger partial charge in [0.2, 0.25) is 0 Å². The van der Waals surface area contributed by atoms with E-state index in [0.29, 0.717) is 5.41 Å². The summed E-state index contributed by atoms with van der Waals surface area (Å²) >= 11 is 0. The molecular weight excluding hydrogens is 739 g/mol. The lowest BCUT2D eigenvalue weighted by Crippen LogP contribution is -2.74. The average molecular weight is 790 g/mol. The van der Waals surface area contributed by atoms with Gasteiger partial charge in [-0.15, -0.1) is 0 Å². The molecular formula is C58H51NSi. The molecule has 0 amide bonds. The summed E-state index contributed by atoms with van der Waals surface area (Å²) in [6, 6.07) is 82.1. The van der Waals surface area contributed by atoms with Crippen LogP contribution in [0.3, 0.4) is 0 Å². The average Bonchev–Trinajstić information content (AvgIpc) is 3.31. The van der Waals surface area contributed by atoms with Crippen molar-refractivity contribution in [3.05, 3.63) is 224 Å². The number of nitrogens with zero attached hydrogens (tertiary/aromatic N) is 1. The van der Waals surface area contributed by atoms with Crippen LogP contribution in [0.5, 0.6) is 0 Å². The molecule has 4 fully saturated rings. The maximum absolute atomic E-state index is 2.75. The van der Waals surface area contributed by atoms with Crippen LogP contribution >= 0.6 is 0 Å². The molecule has 1 nitrogen and oxygen atoms in total. The molecule has 8 aromatic carbocycles. The number of hydrogen-bond donors (Lipinski definition) is 0. The van der Waals surface area contributed by atoms with Gasteiger partial charge in [-0.25, -0.2) is 0 Å². The molecule has 0 heterocycles. The van der Waals surface area contributed by atoms with E-state index in [1.807, 2.05) is 0 Å². The van der Waals surface area contributed by atoms with Gasteiger partial charge < -0.3 is 4.90 Å². The minimum atomic E-state index is -2.75. The minimum Gasteiger partial charge on any atom is -0.310 e. The fourth-order valence-electron chi connectivity index (χ4n) is 12.1. The summed E-state index contributed by atoms with van der Waals surface area (Å²) < 4.78 is 0. The first-order chi connectivity index (χ1) is 29.6. The van der Waals surface area contributed by atoms with Crippen LogP contribution in [0, 0.1) is 17.8 Å². The normalized spacial score (nSPS) is 20.5. The van der Waals surface area contributed by atoms with Crippen LogP contribution in [0.15, 0.2) is 218 Å². The highest BCUT2D eigenvalue weighted by Gasteiger charge is 2.51. The van der Waals surface area contributed by atoms with Crippen LogP contribution in [0.2, 0.25) is 0 Å². The fraction of sp³-hybridized carbons (Fsp3) is 0.172. The molecule has 0 N–H and O–H groups in total. The Morgan fingerprint density at radius 3 is 1.20 bits per heavy atom. The summed E-state index contributed by atoms with van der Waals surface area (Å²) in [5.74, 6) is 2.69. The fourth-order valence-corrected chi connectivity index (χ4v) is 16.9. The SMILES string of the molecule is c1ccc(-c2ccc(-c3ccc(N(c4cccc(C56CC7CC(CC(C7)C5)C6)c4)c4cccc([Si](c5ccccc5)(c5ccccc5)c5ccccc5)c4)cc3)cc2)cc1. The van der Waals surface area contributed by atoms with Gasteiger partial charge >= 0.3 is 0 Å². The number of hydrogen-bond acceptors (Lipinski definition) is 1. The second-order valence-electron chi connectivity index (χ2n) is 18.0. The molecule has 4 aliphatic rings. The monoisotopic (exact) mass is 789 g/mol. The van der Waals surface area contributed by atoms with Gasteiger partial charge in [-0.05, 0) is 147 Å². The van der Waals surface area contributed by atoms with E-state index < -0.39 is 8.07 Å². The second-order valence-corrected chi connectivity index (χ2v) is 21.8. The summed E-state index contributed by atoms with van der Waals surface area (Å²) in [6.45, 7) is 0. The van der Waals surface area contributed by atoms with E-state index in [9.17, 15) is 0 Å². The molecule has 0 atom stereocenters. The molecule has 4 bridgehead atoms. The third-order valence-electron chi connectivity index (χ3n) is 14.4. The van der Waals surface area contributed by atoms with Crippen molar-refractivity contribution < 1.29 is 0 Å². The van der Waals surface area contributed by atoms with E-state index in [1.165, 1.54) is 98.6 Å². The number of rotatable bonds is 10. The molecule has 60 heavy (non-hydrogen) atoms. The van der Waals surface area contributed by atoms with Gasteiger partial charge in [-0.3, -0.25) is 0 Å². The topological polar surface area (TPSA) is 3.24 Å². The molecule has 0 radical (unpaired) electrons. The van der Waals surface area contributed by atoms with E-state index in [1.54, 1.807) is 5.56 Å². The smallest absolute Gasteiger partial charge is 0.179 e. The Hall–Kier alpha value is -6.22. The lowest BCUT2D eigenvalue weighted by atomic mass is 9.48. The van der Waals surface area contributed by atoms with E-state index >= 15 is 0 Å². The molecule has 292 valence electrons. The molecule has 2 heteroatoms. The molecule has 4 aliphatic carbocycles. The first kappa shape index (κ1) is 36.8. The predicted molar refractivity (Wildman–Crippen MR) is 255 cm³/mol. The Bertz CT molecular complexity index is 2580. The van der Waals surface area contributed by atoms with E-state index in [2.05, 4.69) is 223 Å². The van der Waals surface area contributed by atoms with Crippen LogP contribution in [-0.4, -0.2) is 8.07 Å². The summed E-state index contributed by atoms with van der Waals surface area (Å²) in [5, 5.41) is 5.54. The Balaban J connectivity index is 1.06. The molecule has 0 unspecified atom stereocenters. The zero-order valence-electron chi connectivity index (χ0n) is 34.2. The Morgan fingerprint density at radius 1 is 0.333 bits per heavy atom. The van der Waals surface area contributed by atoms with Crippen LogP contribution in [0.25, 0.3) is 22.3 Å². The number of benzene rings is 8. The summed E-state index contributed by atoms with van der Waals surface area (Å²) in [6.07, 6.45) is 8.43. The van der Waals surface area contributed by atoms with Crippen LogP contribution < -0.4 is 25.6 Å². The maximum Gasteiger partial charge on any atom is 0.179 e. The summed E-state index contributed by atoms with van der Waals surface area (Å²) in [5.41, 5.74) is 10.4. The Kier molecular flexibility index (Phi) is 9.47. The van der Waals surface area contributed by atoms with E-state index in [0.717, 1.165) is 17.8 Å². The third-order valence-corrected chi connectivity index (χ3v) is 19.1. The molecule has 8 aromatic rings. The van der Waals surface area contributed by atoms with Crippen molar-refractivity contribution in [3.63, 3.8) is 0 Å². The van der Waals surface area contributed by atoms with E-state index in [-0.39, 0.29) is 0 Å². The van der Waals surface area contributed by atoms with Crippen molar-refractivity contribution in [2.45, 2.75) is 43.9 Å². The van der Waals surface area contributed by atoms with Crippen molar-refractivity contribution in [3.8, 4) is 22.3 Å². The zero-order valence-corrected chi connectivity index (χ0v) is 35.2. The largest absolute Gasteiger partial charge is 0.310 e. The van der Waals surface area contributed by atoms with Crippen molar-refractivity contribution >= 4 is 45.9 Å². The van der Waals surface area contributed by atoms with Crippen LogP contribution in [0.4, 0.5) is 17.1 Å². The second kappa shape index (κ2) is 15.4. The Labute approximate surface area is 357 Å². The van der Waals surface area contributed by atoms with Gasteiger partial charge in [0.15, 0.2) is 8.07 Å². The molecule has 0 aliphatic heterocycles. The van der Waals surface area contributed by atoms with Gasteiger partial charge in [0.25, 0.3) is 0 Å². The van der Waals surface area contributed by atoms with Gasteiger partial charge in [0.1, 0.15) is 0 Å². The van der Waals surface area contributed by atoms with Crippen molar-refractivity contribution in [2.75, 3.05) is 4.90 Å². The molecule has 12 rings (SSSR count). The van der Waals surface area contributed by atoms with Crippen LogP contribution in [-0.2, 0) is 5.41 Å². The van der Waals surface area contributed by atoms with Crippen LogP contribution in [0.1, 0.15) is 44.1 Å². The standard InChI is InChI=1S/C58H51NSi/c1-5-15-46(16-6-1)47-27-29-48(30-28-47)49-31-33-51(34-32-49)59(52-18-13-17-50(38-52)58-40-43-35-44(41-58)37-45(36-43)42-58)53-19-14-26-57(39-53)60(54-20-7-2-8-21-54,55-22-9-3-10-23-55)56-24-11-4-12-25-56/h1-34,38-39,43-45H,35-37,40-42H2. The maximum atomic E-state index is 2.58. The van der Waals surface area contributed by atoms with Crippen molar-refractivity contribution in [2.24, 2.45) is 17.8 Å². The highest BCUT2D eigenvalue weighted by atomic mass is 28.3. The summed E-state index contributed by atoms with van der Waals surface area (Å²) in [7, 11) is -2.75. The molecule has 0 spiro atoms. The first-order valence-corrected chi connectivity index (χ1v) is 24.1. The van der Waals surface area contributed by atoms with Gasteiger partial charge in [0, 0.05) is 17.1 Å². The van der Waals surface area contributed by atoms with Crippen molar-refractivity contribution in [1.29, 1.82) is 0 Å². The lowest BCUT2D eigenvalue weighted by Gasteiger charge is -2.57. The van der Waals surface area contributed by atoms with Gasteiger partial charge in [0.05, 0.1) is 0 Å². The molecule has 0 saturated heterocycles. The quantitative estimate of drug-likeness (QED) is 0.0985. The first-order valence-electron chi connectivity index (χ1n) is 22.1. The predicted octanol–water partition coefficient (Wildman–Crippen LogP) is 12.3. The highest BCUT2D eigenvalue weighted by Crippen LogP contribution is 2.61. The zero-order chi connectivity index (χ0) is 39.9. The number of anilines is 3. The third kappa shape index (κ3) is 6.55. The van der Waals surface area contributed by atoms with Gasteiger partial charge in [-0.2, -0.15) is 0 Å². The Morgan fingerprint density at radius 2 is 0.717 bits per heavy atom. The summed E-state index contributed by atoms with van der Waals surface area (Å²) in [4.78, 5) is 2.54. The lowest BCUT2D eigenvalue weighted by molar-refractivity contribution is -0.00516. The van der Waals surface area contributed by atoms with Gasteiger partial charge in [-0.1, -0.05) is 182 Å². The van der Waals surface area contributed by atoms with Crippen molar-refractivity contribution in [1.82, 2.24) is 0 Å². The molecule has 4 saturated carbocycles.